The summed E-state index contributed by atoms with van der Waals surface area (Å²) in [6, 6.07) is 10.3. The standard InChI is InChI=1S/C21H12ClFO4S/c1-11-18(19-15(22)3-2-4-16(19)23)20(24)14-6-5-13(9-17(14)26-11)27-21(25)12-7-8-28-10-12/h2-10H,1H3. The Morgan fingerprint density at radius 1 is 1.18 bits per heavy atom. The second-order valence-electron chi connectivity index (χ2n) is 6.02. The molecule has 0 aliphatic rings. The van der Waals surface area contributed by atoms with Crippen LogP contribution < -0.4 is 10.2 Å². The van der Waals surface area contributed by atoms with Crippen molar-refractivity contribution in [3.05, 3.63) is 85.6 Å². The number of hydrogen-bond donors (Lipinski definition) is 0. The molecule has 0 amide bonds. The van der Waals surface area contributed by atoms with Crippen LogP contribution in [0.1, 0.15) is 16.1 Å². The fourth-order valence-electron chi connectivity index (χ4n) is 2.92. The Labute approximate surface area is 167 Å². The van der Waals surface area contributed by atoms with Gasteiger partial charge < -0.3 is 9.15 Å². The largest absolute Gasteiger partial charge is 0.460 e. The molecule has 0 aliphatic carbocycles. The van der Waals surface area contributed by atoms with Crippen LogP contribution >= 0.6 is 22.9 Å². The van der Waals surface area contributed by atoms with Crippen molar-refractivity contribution in [1.82, 2.24) is 0 Å². The summed E-state index contributed by atoms with van der Waals surface area (Å²) in [6.07, 6.45) is 0. The summed E-state index contributed by atoms with van der Waals surface area (Å²) in [4.78, 5) is 25.1. The van der Waals surface area contributed by atoms with Crippen LogP contribution in [0, 0.1) is 12.7 Å². The molecule has 2 aromatic heterocycles. The van der Waals surface area contributed by atoms with Crippen LogP contribution in [0.4, 0.5) is 4.39 Å². The zero-order valence-corrected chi connectivity index (χ0v) is 16.1. The highest BCUT2D eigenvalue weighted by atomic mass is 35.5. The van der Waals surface area contributed by atoms with Gasteiger partial charge in [-0.1, -0.05) is 17.7 Å². The van der Waals surface area contributed by atoms with Crippen molar-refractivity contribution in [2.75, 3.05) is 0 Å². The third-order valence-corrected chi connectivity index (χ3v) is 5.22. The minimum atomic E-state index is -0.608. The lowest BCUT2D eigenvalue weighted by atomic mass is 10.0. The molecule has 0 aliphatic heterocycles. The summed E-state index contributed by atoms with van der Waals surface area (Å²) in [6.45, 7) is 1.56. The topological polar surface area (TPSA) is 56.5 Å². The van der Waals surface area contributed by atoms with Crippen LogP contribution in [0.5, 0.6) is 5.75 Å². The zero-order chi connectivity index (χ0) is 19.8. The molecule has 7 heteroatoms. The number of esters is 1. The first-order chi connectivity index (χ1) is 13.5. The molecule has 0 saturated carbocycles. The van der Waals surface area contributed by atoms with E-state index >= 15 is 0 Å². The second-order valence-corrected chi connectivity index (χ2v) is 7.21. The zero-order valence-electron chi connectivity index (χ0n) is 14.5. The van der Waals surface area contributed by atoms with Crippen molar-refractivity contribution in [2.45, 2.75) is 6.92 Å². The van der Waals surface area contributed by atoms with Crippen LogP contribution in [0.15, 0.2) is 62.4 Å². The molecule has 0 unspecified atom stereocenters. The highest BCUT2D eigenvalue weighted by molar-refractivity contribution is 7.08. The maximum atomic E-state index is 14.3. The first kappa shape index (κ1) is 18.4. The van der Waals surface area contributed by atoms with E-state index in [2.05, 4.69) is 0 Å². The van der Waals surface area contributed by atoms with Crippen molar-refractivity contribution in [1.29, 1.82) is 0 Å². The van der Waals surface area contributed by atoms with E-state index in [1.54, 1.807) is 23.8 Å². The predicted molar refractivity (Wildman–Crippen MR) is 107 cm³/mol. The van der Waals surface area contributed by atoms with Gasteiger partial charge >= 0.3 is 5.97 Å². The van der Waals surface area contributed by atoms with Crippen LogP contribution in [0.3, 0.4) is 0 Å². The molecule has 0 radical (unpaired) electrons. The van der Waals surface area contributed by atoms with Crippen LogP contribution in [0.25, 0.3) is 22.1 Å². The fourth-order valence-corrected chi connectivity index (χ4v) is 3.80. The lowest BCUT2D eigenvalue weighted by Crippen LogP contribution is -2.10. The number of halogens is 2. The number of thiophene rings is 1. The monoisotopic (exact) mass is 414 g/mol. The summed E-state index contributed by atoms with van der Waals surface area (Å²) in [5.74, 6) is -0.660. The molecule has 140 valence electrons. The van der Waals surface area contributed by atoms with Gasteiger partial charge in [-0.15, -0.1) is 0 Å². The lowest BCUT2D eigenvalue weighted by molar-refractivity contribution is 0.0735. The highest BCUT2D eigenvalue weighted by Crippen LogP contribution is 2.33. The summed E-state index contributed by atoms with van der Waals surface area (Å²) in [5.41, 5.74) is 0.326. The van der Waals surface area contributed by atoms with Crippen LogP contribution in [0.2, 0.25) is 5.02 Å². The first-order valence-electron chi connectivity index (χ1n) is 8.22. The van der Waals surface area contributed by atoms with Crippen molar-refractivity contribution in [3.8, 4) is 16.9 Å². The Morgan fingerprint density at radius 2 is 2.00 bits per heavy atom. The van der Waals surface area contributed by atoms with E-state index in [0.29, 0.717) is 5.56 Å². The molecule has 0 fully saturated rings. The quantitative estimate of drug-likeness (QED) is 0.312. The molecule has 4 rings (SSSR count). The van der Waals surface area contributed by atoms with E-state index in [9.17, 15) is 14.0 Å². The SMILES string of the molecule is Cc1oc2cc(OC(=O)c3ccsc3)ccc2c(=O)c1-c1c(F)cccc1Cl. The number of benzene rings is 2. The number of fused-ring (bicyclic) bond motifs is 1. The minimum Gasteiger partial charge on any atom is -0.460 e. The van der Waals surface area contributed by atoms with E-state index in [1.165, 1.54) is 47.7 Å². The van der Waals surface area contributed by atoms with Gasteiger partial charge in [-0.3, -0.25) is 4.79 Å². The van der Waals surface area contributed by atoms with Crippen molar-refractivity contribution < 1.29 is 18.3 Å². The number of hydrogen-bond acceptors (Lipinski definition) is 5. The van der Waals surface area contributed by atoms with Gasteiger partial charge in [0.05, 0.1) is 21.5 Å². The summed E-state index contributed by atoms with van der Waals surface area (Å²) < 4.78 is 25.4. The molecule has 2 heterocycles. The molecular formula is C21H12ClFO4S. The van der Waals surface area contributed by atoms with Crippen LogP contribution in [-0.4, -0.2) is 5.97 Å². The number of ether oxygens (including phenoxy) is 1. The number of aryl methyl sites for hydroxylation is 1. The van der Waals surface area contributed by atoms with Gasteiger partial charge in [-0.05, 0) is 42.6 Å². The van der Waals surface area contributed by atoms with Crippen molar-refractivity contribution in [3.63, 3.8) is 0 Å². The van der Waals surface area contributed by atoms with E-state index in [-0.39, 0.29) is 38.6 Å². The Kier molecular flexibility index (Phi) is 4.75. The minimum absolute atomic E-state index is 0.00489. The van der Waals surface area contributed by atoms with E-state index in [0.717, 1.165) is 0 Å². The molecule has 0 saturated heterocycles. The van der Waals surface area contributed by atoms with Gasteiger partial charge in [0.25, 0.3) is 0 Å². The van der Waals surface area contributed by atoms with Crippen molar-refractivity contribution >= 4 is 39.9 Å². The maximum absolute atomic E-state index is 14.3. The van der Waals surface area contributed by atoms with Gasteiger partial charge in [0, 0.05) is 17.0 Å². The van der Waals surface area contributed by atoms with Gasteiger partial charge in [0.15, 0.2) is 0 Å². The fraction of sp³-hybridized carbons (Fsp3) is 0.0476. The summed E-state index contributed by atoms with van der Waals surface area (Å²) in [7, 11) is 0. The van der Waals surface area contributed by atoms with Gasteiger partial charge in [-0.25, -0.2) is 9.18 Å². The molecule has 0 spiro atoms. The van der Waals surface area contributed by atoms with Crippen molar-refractivity contribution in [2.24, 2.45) is 0 Å². The van der Waals surface area contributed by atoms with E-state index < -0.39 is 17.2 Å². The third kappa shape index (κ3) is 3.21. The second kappa shape index (κ2) is 7.22. The van der Waals surface area contributed by atoms with E-state index in [1.807, 2.05) is 0 Å². The molecular weight excluding hydrogens is 403 g/mol. The summed E-state index contributed by atoms with van der Waals surface area (Å²) >= 11 is 7.50. The Morgan fingerprint density at radius 3 is 2.71 bits per heavy atom. The Bertz CT molecular complexity index is 1240. The number of carbonyl (C=O) groups is 1. The van der Waals surface area contributed by atoms with Crippen LogP contribution in [-0.2, 0) is 0 Å². The number of rotatable bonds is 3. The van der Waals surface area contributed by atoms with E-state index in [4.69, 9.17) is 20.8 Å². The predicted octanol–water partition coefficient (Wildman–Crippen LogP) is 5.84. The highest BCUT2D eigenvalue weighted by Gasteiger charge is 2.20. The Balaban J connectivity index is 1.81. The van der Waals surface area contributed by atoms with Gasteiger partial charge in [0.1, 0.15) is 22.9 Å². The average Bonchev–Trinajstić information content (AvgIpc) is 3.18. The van der Waals surface area contributed by atoms with Gasteiger partial charge in [-0.2, -0.15) is 11.3 Å². The third-order valence-electron chi connectivity index (χ3n) is 4.22. The number of carbonyl (C=O) groups excluding carboxylic acids is 1. The maximum Gasteiger partial charge on any atom is 0.344 e. The molecule has 4 aromatic rings. The smallest absolute Gasteiger partial charge is 0.344 e. The molecule has 4 nitrogen and oxygen atoms in total. The lowest BCUT2D eigenvalue weighted by Gasteiger charge is -2.10. The molecule has 0 atom stereocenters. The average molecular weight is 415 g/mol. The van der Waals surface area contributed by atoms with Gasteiger partial charge in [0.2, 0.25) is 5.43 Å². The molecule has 2 aromatic carbocycles. The molecule has 28 heavy (non-hydrogen) atoms. The molecule has 0 bridgehead atoms. The molecule has 0 N–H and O–H groups in total. The normalized spacial score (nSPS) is 11.0. The Hall–Kier alpha value is -2.96. The first-order valence-corrected chi connectivity index (χ1v) is 9.54. The summed E-state index contributed by atoms with van der Waals surface area (Å²) in [5, 5.41) is 3.80.